The van der Waals surface area contributed by atoms with E-state index in [1.54, 1.807) is 18.2 Å². The molecule has 0 fully saturated rings. The van der Waals surface area contributed by atoms with Crippen LogP contribution in [0, 0.1) is 0 Å². The highest BCUT2D eigenvalue weighted by Crippen LogP contribution is 2.36. The number of aromatic hydroxyl groups is 1. The third kappa shape index (κ3) is 1.89. The second kappa shape index (κ2) is 3.93. The monoisotopic (exact) mass is 220 g/mol. The molecule has 2 aromatic carbocycles. The quantitative estimate of drug-likeness (QED) is 0.820. The molecule has 0 aliphatic heterocycles. The predicted octanol–water partition coefficient (Wildman–Crippen LogP) is 3.53. The lowest BCUT2D eigenvalue weighted by Crippen LogP contribution is -2.14. The van der Waals surface area contributed by atoms with Gasteiger partial charge in [-0.15, -0.1) is 0 Å². The lowest BCUT2D eigenvalue weighted by Gasteiger charge is -2.17. The Kier molecular flexibility index (Phi) is 2.60. The molecule has 2 aromatic rings. The van der Waals surface area contributed by atoms with Crippen LogP contribution in [0.4, 0.5) is 8.78 Å². The Morgan fingerprint density at radius 3 is 2.06 bits per heavy atom. The third-order valence-electron chi connectivity index (χ3n) is 2.35. The smallest absolute Gasteiger partial charge is 0.298 e. The van der Waals surface area contributed by atoms with Gasteiger partial charge in [-0.1, -0.05) is 42.5 Å². The SMILES string of the molecule is Oc1cccc(C(F)(F)c2ccccc2)c1. The number of benzene rings is 2. The van der Waals surface area contributed by atoms with Gasteiger partial charge in [-0.05, 0) is 12.1 Å². The maximum absolute atomic E-state index is 14.0. The summed E-state index contributed by atoms with van der Waals surface area (Å²) in [5.41, 5.74) is -0.292. The summed E-state index contributed by atoms with van der Waals surface area (Å²) in [6, 6.07) is 12.7. The van der Waals surface area contributed by atoms with Crippen molar-refractivity contribution in [1.29, 1.82) is 0 Å². The number of alkyl halides is 2. The summed E-state index contributed by atoms with van der Waals surface area (Å²) in [6.07, 6.45) is 0. The minimum Gasteiger partial charge on any atom is -0.508 e. The van der Waals surface area contributed by atoms with Gasteiger partial charge in [-0.3, -0.25) is 0 Å². The summed E-state index contributed by atoms with van der Waals surface area (Å²) in [5, 5.41) is 9.19. The van der Waals surface area contributed by atoms with Crippen molar-refractivity contribution in [2.75, 3.05) is 0 Å². The average Bonchev–Trinajstić information content (AvgIpc) is 2.30. The molecule has 1 nitrogen and oxygen atoms in total. The van der Waals surface area contributed by atoms with Crippen LogP contribution < -0.4 is 0 Å². The molecular weight excluding hydrogens is 210 g/mol. The van der Waals surface area contributed by atoms with Gasteiger partial charge in [0.05, 0.1) is 0 Å². The maximum atomic E-state index is 14.0. The molecule has 0 unspecified atom stereocenters. The highest BCUT2D eigenvalue weighted by Gasteiger charge is 2.33. The Bertz CT molecular complexity index is 480. The normalized spacial score (nSPS) is 11.4. The molecule has 16 heavy (non-hydrogen) atoms. The van der Waals surface area contributed by atoms with Gasteiger partial charge in [-0.2, -0.15) is 8.78 Å². The second-order valence-corrected chi connectivity index (χ2v) is 3.49. The van der Waals surface area contributed by atoms with Gasteiger partial charge in [0, 0.05) is 11.1 Å². The molecular formula is C13H10F2O. The first-order valence-electron chi connectivity index (χ1n) is 4.83. The number of halogens is 2. The van der Waals surface area contributed by atoms with Crippen molar-refractivity contribution >= 4 is 0 Å². The van der Waals surface area contributed by atoms with E-state index in [2.05, 4.69) is 0 Å². The van der Waals surface area contributed by atoms with Gasteiger partial charge in [0.2, 0.25) is 0 Å². The van der Waals surface area contributed by atoms with E-state index in [1.165, 1.54) is 30.3 Å². The van der Waals surface area contributed by atoms with E-state index in [-0.39, 0.29) is 16.9 Å². The highest BCUT2D eigenvalue weighted by molar-refractivity contribution is 5.37. The van der Waals surface area contributed by atoms with Gasteiger partial charge in [0.15, 0.2) is 0 Å². The Morgan fingerprint density at radius 2 is 1.44 bits per heavy atom. The molecule has 0 heterocycles. The van der Waals surface area contributed by atoms with Crippen LogP contribution in [0.5, 0.6) is 5.75 Å². The Morgan fingerprint density at radius 1 is 0.812 bits per heavy atom. The van der Waals surface area contributed by atoms with E-state index in [4.69, 9.17) is 0 Å². The van der Waals surface area contributed by atoms with Gasteiger partial charge < -0.3 is 5.11 Å². The molecule has 2 rings (SSSR count). The maximum Gasteiger partial charge on any atom is 0.298 e. The van der Waals surface area contributed by atoms with Crippen molar-refractivity contribution in [3.63, 3.8) is 0 Å². The largest absolute Gasteiger partial charge is 0.508 e. The Balaban J connectivity index is 2.47. The fourth-order valence-corrected chi connectivity index (χ4v) is 1.52. The Hall–Kier alpha value is -1.90. The minimum absolute atomic E-state index is 0.0828. The minimum atomic E-state index is -3.08. The number of phenols is 1. The molecule has 0 aliphatic carbocycles. The molecule has 0 radical (unpaired) electrons. The molecule has 0 aliphatic rings. The molecule has 0 spiro atoms. The fourth-order valence-electron chi connectivity index (χ4n) is 1.52. The zero-order chi connectivity index (χ0) is 11.6. The van der Waals surface area contributed by atoms with Gasteiger partial charge in [-0.25, -0.2) is 0 Å². The molecule has 0 amide bonds. The first-order valence-corrected chi connectivity index (χ1v) is 4.83. The zero-order valence-corrected chi connectivity index (χ0v) is 8.40. The van der Waals surface area contributed by atoms with Crippen LogP contribution in [0.1, 0.15) is 11.1 Å². The topological polar surface area (TPSA) is 20.2 Å². The van der Waals surface area contributed by atoms with Crippen LogP contribution >= 0.6 is 0 Å². The van der Waals surface area contributed by atoms with Crippen LogP contribution in [0.15, 0.2) is 54.6 Å². The molecule has 0 aromatic heterocycles. The van der Waals surface area contributed by atoms with E-state index < -0.39 is 5.92 Å². The first-order chi connectivity index (χ1) is 7.60. The van der Waals surface area contributed by atoms with Gasteiger partial charge in [0.1, 0.15) is 5.75 Å². The van der Waals surface area contributed by atoms with Crippen LogP contribution in [-0.4, -0.2) is 5.11 Å². The summed E-state index contributed by atoms with van der Waals surface area (Å²) in [7, 11) is 0. The summed E-state index contributed by atoms with van der Waals surface area (Å²) in [6.45, 7) is 0. The third-order valence-corrected chi connectivity index (χ3v) is 2.35. The zero-order valence-electron chi connectivity index (χ0n) is 8.40. The predicted molar refractivity (Wildman–Crippen MR) is 57.5 cm³/mol. The highest BCUT2D eigenvalue weighted by atomic mass is 19.3. The average molecular weight is 220 g/mol. The fraction of sp³-hybridized carbons (Fsp3) is 0.0769. The van der Waals surface area contributed by atoms with Crippen molar-refractivity contribution in [3.05, 3.63) is 65.7 Å². The molecule has 0 saturated carbocycles. The van der Waals surface area contributed by atoms with Crippen LogP contribution in [0.3, 0.4) is 0 Å². The molecule has 3 heteroatoms. The van der Waals surface area contributed by atoms with Crippen molar-refractivity contribution in [3.8, 4) is 5.75 Å². The summed E-state index contributed by atoms with van der Waals surface area (Å²) < 4.78 is 27.9. The van der Waals surface area contributed by atoms with Crippen molar-refractivity contribution in [2.24, 2.45) is 0 Å². The summed E-state index contributed by atoms with van der Waals surface area (Å²) >= 11 is 0. The van der Waals surface area contributed by atoms with E-state index in [0.717, 1.165) is 6.07 Å². The number of rotatable bonds is 2. The van der Waals surface area contributed by atoms with Gasteiger partial charge in [0.25, 0.3) is 5.92 Å². The Labute approximate surface area is 92.0 Å². The van der Waals surface area contributed by atoms with E-state index >= 15 is 0 Å². The second-order valence-electron chi connectivity index (χ2n) is 3.49. The van der Waals surface area contributed by atoms with Crippen LogP contribution in [0.2, 0.25) is 0 Å². The van der Waals surface area contributed by atoms with E-state index in [1.807, 2.05) is 0 Å². The van der Waals surface area contributed by atoms with E-state index in [9.17, 15) is 13.9 Å². The lowest BCUT2D eigenvalue weighted by atomic mass is 10.0. The standard InChI is InChI=1S/C13H10F2O/c14-13(15,10-5-2-1-3-6-10)11-7-4-8-12(16)9-11/h1-9,16H. The number of phenolic OH excluding ortho intramolecular Hbond substituents is 1. The molecule has 82 valence electrons. The summed E-state index contributed by atoms with van der Waals surface area (Å²) in [5.74, 6) is -3.24. The molecule has 0 bridgehead atoms. The van der Waals surface area contributed by atoms with Crippen molar-refractivity contribution in [2.45, 2.75) is 5.92 Å². The molecule has 0 saturated heterocycles. The summed E-state index contributed by atoms with van der Waals surface area (Å²) in [4.78, 5) is 0. The van der Waals surface area contributed by atoms with Crippen molar-refractivity contribution < 1.29 is 13.9 Å². The first kappa shape index (κ1) is 10.6. The van der Waals surface area contributed by atoms with Gasteiger partial charge >= 0.3 is 0 Å². The van der Waals surface area contributed by atoms with Crippen LogP contribution in [-0.2, 0) is 5.92 Å². The number of hydrogen-bond acceptors (Lipinski definition) is 1. The molecule has 0 atom stereocenters. The van der Waals surface area contributed by atoms with Crippen molar-refractivity contribution in [1.82, 2.24) is 0 Å². The van der Waals surface area contributed by atoms with Crippen LogP contribution in [0.25, 0.3) is 0 Å². The van der Waals surface area contributed by atoms with E-state index in [0.29, 0.717) is 0 Å². The lowest BCUT2D eigenvalue weighted by molar-refractivity contribution is 0.0426. The molecule has 1 N–H and O–H groups in total. The number of hydrogen-bond donors (Lipinski definition) is 1.